The van der Waals surface area contributed by atoms with Crippen LogP contribution in [0.1, 0.15) is 38.2 Å². The van der Waals surface area contributed by atoms with Crippen molar-refractivity contribution in [1.29, 1.82) is 0 Å². The molecule has 0 spiro atoms. The Hall–Kier alpha value is -1.88. The van der Waals surface area contributed by atoms with Crippen molar-refractivity contribution in [2.24, 2.45) is 17.8 Å². The smallest absolute Gasteiger partial charge is 0.189 e. The second-order valence-electron chi connectivity index (χ2n) is 7.85. The lowest BCUT2D eigenvalue weighted by Gasteiger charge is -2.38. The van der Waals surface area contributed by atoms with Crippen molar-refractivity contribution in [3.05, 3.63) is 41.4 Å². The topological polar surface area (TPSA) is 44.8 Å². The summed E-state index contributed by atoms with van der Waals surface area (Å²) in [6, 6.07) is 4.94. The third-order valence-electron chi connectivity index (χ3n) is 6.07. The van der Waals surface area contributed by atoms with Crippen LogP contribution in [0.25, 0.3) is 0 Å². The first-order valence-corrected chi connectivity index (χ1v) is 9.37. The quantitative estimate of drug-likeness (QED) is 0.768. The highest BCUT2D eigenvalue weighted by Crippen LogP contribution is 2.48. The van der Waals surface area contributed by atoms with Crippen LogP contribution in [0.4, 0.5) is 4.39 Å². The van der Waals surface area contributed by atoms with Crippen LogP contribution in [-0.2, 0) is 20.7 Å². The SMILES string of the molecule is COc1ccc(C[C@H](C)[C@]23C[C@H](CC4CC4)C(=O)C=C2OCO3)c(F)c1. The van der Waals surface area contributed by atoms with Crippen molar-refractivity contribution < 1.29 is 23.4 Å². The van der Waals surface area contributed by atoms with Crippen molar-refractivity contribution >= 4 is 5.78 Å². The first kappa shape index (κ1) is 17.5. The van der Waals surface area contributed by atoms with Crippen LogP contribution in [0.2, 0.25) is 0 Å². The molecule has 0 amide bonds. The predicted octanol–water partition coefficient (Wildman–Crippen LogP) is 4.03. The van der Waals surface area contributed by atoms with Crippen LogP contribution >= 0.6 is 0 Å². The van der Waals surface area contributed by atoms with E-state index in [1.54, 1.807) is 18.2 Å². The first-order valence-electron chi connectivity index (χ1n) is 9.37. The van der Waals surface area contributed by atoms with E-state index in [1.165, 1.54) is 26.0 Å². The van der Waals surface area contributed by atoms with Gasteiger partial charge in [0.25, 0.3) is 0 Å². The van der Waals surface area contributed by atoms with Crippen molar-refractivity contribution in [3.63, 3.8) is 0 Å². The molecule has 0 unspecified atom stereocenters. The fraction of sp³-hybridized carbons (Fsp3) is 0.571. The summed E-state index contributed by atoms with van der Waals surface area (Å²) in [5.74, 6) is 1.65. The first-order chi connectivity index (χ1) is 12.5. The highest BCUT2D eigenvalue weighted by Gasteiger charge is 2.52. The van der Waals surface area contributed by atoms with Gasteiger partial charge in [-0.2, -0.15) is 0 Å². The molecule has 1 saturated carbocycles. The molecule has 3 aliphatic rings. The van der Waals surface area contributed by atoms with E-state index < -0.39 is 5.60 Å². The molecule has 140 valence electrons. The fourth-order valence-corrected chi connectivity index (χ4v) is 4.29. The summed E-state index contributed by atoms with van der Waals surface area (Å²) in [6.07, 6.45) is 6.14. The molecule has 0 radical (unpaired) electrons. The molecular weight excluding hydrogens is 335 g/mol. The Labute approximate surface area is 153 Å². The number of rotatable bonds is 6. The van der Waals surface area contributed by atoms with Gasteiger partial charge in [-0.15, -0.1) is 0 Å². The molecule has 1 heterocycles. The van der Waals surface area contributed by atoms with Gasteiger partial charge in [-0.3, -0.25) is 4.79 Å². The van der Waals surface area contributed by atoms with Gasteiger partial charge in [-0.1, -0.05) is 25.8 Å². The number of benzene rings is 1. The van der Waals surface area contributed by atoms with E-state index in [2.05, 4.69) is 6.92 Å². The molecule has 1 aliphatic heterocycles. The zero-order valence-corrected chi connectivity index (χ0v) is 15.3. The Bertz CT molecular complexity index is 740. The van der Waals surface area contributed by atoms with Gasteiger partial charge in [0.15, 0.2) is 12.6 Å². The molecule has 2 fully saturated rings. The number of fused-ring (bicyclic) bond motifs is 1. The number of halogens is 1. The van der Waals surface area contributed by atoms with Gasteiger partial charge in [-0.25, -0.2) is 4.39 Å². The van der Waals surface area contributed by atoms with Crippen molar-refractivity contribution in [1.82, 2.24) is 0 Å². The highest BCUT2D eigenvalue weighted by molar-refractivity contribution is 5.93. The van der Waals surface area contributed by atoms with Gasteiger partial charge >= 0.3 is 0 Å². The van der Waals surface area contributed by atoms with Crippen LogP contribution in [0.3, 0.4) is 0 Å². The number of ether oxygens (including phenoxy) is 3. The summed E-state index contributed by atoms with van der Waals surface area (Å²) >= 11 is 0. The van der Waals surface area contributed by atoms with E-state index in [0.717, 1.165) is 6.42 Å². The lowest BCUT2D eigenvalue weighted by atomic mass is 9.71. The number of ketones is 1. The van der Waals surface area contributed by atoms with Gasteiger partial charge in [-0.05, 0) is 42.7 Å². The number of carbonyl (C=O) groups is 1. The fourth-order valence-electron chi connectivity index (χ4n) is 4.29. The molecule has 0 bridgehead atoms. The zero-order valence-electron chi connectivity index (χ0n) is 15.3. The molecule has 2 aliphatic carbocycles. The maximum atomic E-state index is 14.4. The van der Waals surface area contributed by atoms with Gasteiger partial charge < -0.3 is 14.2 Å². The summed E-state index contributed by atoms with van der Waals surface area (Å²) < 4.78 is 31.2. The number of methoxy groups -OCH3 is 1. The summed E-state index contributed by atoms with van der Waals surface area (Å²) in [5.41, 5.74) is -0.00186. The van der Waals surface area contributed by atoms with Gasteiger partial charge in [0.05, 0.1) is 7.11 Å². The number of hydrogen-bond donors (Lipinski definition) is 0. The van der Waals surface area contributed by atoms with E-state index >= 15 is 0 Å². The molecule has 1 aromatic rings. The summed E-state index contributed by atoms with van der Waals surface area (Å²) in [4.78, 5) is 12.5. The molecular formula is C21H25FO4. The molecule has 3 atom stereocenters. The normalized spacial score (nSPS) is 29.0. The summed E-state index contributed by atoms with van der Waals surface area (Å²) in [7, 11) is 1.52. The molecule has 4 rings (SSSR count). The Balaban J connectivity index is 1.57. The Kier molecular flexibility index (Phi) is 4.51. The van der Waals surface area contributed by atoms with Crippen LogP contribution in [0, 0.1) is 23.6 Å². The minimum Gasteiger partial charge on any atom is -0.497 e. The monoisotopic (exact) mass is 360 g/mol. The van der Waals surface area contributed by atoms with E-state index in [-0.39, 0.29) is 30.2 Å². The average Bonchev–Trinajstić information content (AvgIpc) is 3.34. The van der Waals surface area contributed by atoms with Gasteiger partial charge in [0, 0.05) is 18.1 Å². The number of carbonyl (C=O) groups excluding carboxylic acids is 1. The third-order valence-corrected chi connectivity index (χ3v) is 6.07. The Morgan fingerprint density at radius 2 is 2.19 bits per heavy atom. The van der Waals surface area contributed by atoms with Crippen molar-refractivity contribution in [3.8, 4) is 5.75 Å². The van der Waals surface area contributed by atoms with E-state index in [1.807, 2.05) is 0 Å². The molecule has 1 aromatic carbocycles. The maximum absolute atomic E-state index is 14.4. The lowest BCUT2D eigenvalue weighted by molar-refractivity contribution is -0.124. The standard InChI is InChI=1S/C21H25FO4/c1-13(7-15-5-6-17(24-2)9-18(15)22)21-11-16(8-14-3-4-14)19(23)10-20(21)25-12-26-21/h5-6,9-10,13-14,16H,3-4,7-8,11-12H2,1-2H3/t13-,16-,21+/m0/s1. The minimum absolute atomic E-state index is 0.00560. The summed E-state index contributed by atoms with van der Waals surface area (Å²) in [5, 5.41) is 0. The number of allylic oxidation sites excluding steroid dienone is 1. The molecule has 0 N–H and O–H groups in total. The van der Waals surface area contributed by atoms with Crippen LogP contribution < -0.4 is 4.74 Å². The van der Waals surface area contributed by atoms with Gasteiger partial charge in [0.1, 0.15) is 22.9 Å². The second kappa shape index (κ2) is 6.69. The third kappa shape index (κ3) is 3.13. The largest absolute Gasteiger partial charge is 0.497 e. The van der Waals surface area contributed by atoms with Gasteiger partial charge in [0.2, 0.25) is 0 Å². The Morgan fingerprint density at radius 3 is 2.88 bits per heavy atom. The second-order valence-corrected chi connectivity index (χ2v) is 7.85. The van der Waals surface area contributed by atoms with Crippen LogP contribution in [0.5, 0.6) is 5.75 Å². The van der Waals surface area contributed by atoms with Crippen LogP contribution in [0.15, 0.2) is 30.0 Å². The Morgan fingerprint density at radius 1 is 1.38 bits per heavy atom. The zero-order chi connectivity index (χ0) is 18.3. The summed E-state index contributed by atoms with van der Waals surface area (Å²) in [6.45, 7) is 2.21. The highest BCUT2D eigenvalue weighted by atomic mass is 19.1. The lowest BCUT2D eigenvalue weighted by Crippen LogP contribution is -2.45. The molecule has 4 nitrogen and oxygen atoms in total. The molecule has 1 saturated heterocycles. The van der Waals surface area contributed by atoms with E-state index in [9.17, 15) is 9.18 Å². The average molecular weight is 360 g/mol. The molecule has 5 heteroatoms. The predicted molar refractivity (Wildman–Crippen MR) is 94.1 cm³/mol. The van der Waals surface area contributed by atoms with E-state index in [4.69, 9.17) is 14.2 Å². The molecule has 0 aromatic heterocycles. The van der Waals surface area contributed by atoms with Crippen LogP contribution in [-0.4, -0.2) is 25.3 Å². The number of hydrogen-bond acceptors (Lipinski definition) is 4. The van der Waals surface area contributed by atoms with Crippen molar-refractivity contribution in [2.45, 2.75) is 44.6 Å². The molecule has 26 heavy (non-hydrogen) atoms. The maximum Gasteiger partial charge on any atom is 0.189 e. The minimum atomic E-state index is -0.625. The van der Waals surface area contributed by atoms with Crippen molar-refractivity contribution in [2.75, 3.05) is 13.9 Å². The van der Waals surface area contributed by atoms with E-state index in [0.29, 0.717) is 35.8 Å².